The lowest BCUT2D eigenvalue weighted by Gasteiger charge is -2.42. The quantitative estimate of drug-likeness (QED) is 0.369. The summed E-state index contributed by atoms with van der Waals surface area (Å²) in [4.78, 5) is 25.5. The van der Waals surface area contributed by atoms with Crippen LogP contribution < -0.4 is 14.9 Å². The van der Waals surface area contributed by atoms with Gasteiger partial charge >= 0.3 is 5.97 Å². The number of rotatable bonds is 2. The second kappa shape index (κ2) is 7.22. The lowest BCUT2D eigenvalue weighted by atomic mass is 9.86. The number of nitrogens with zero attached hydrogens (tertiary/aromatic N) is 1. The standard InChI is InChI=1S/C26H25NO6/c1-13(28)32-25-24(30)21-19(33-26(25,2)3)12-18(31-5)20-22(21)27(4)17-11-15-9-7-6-8-14(15)10-16(17)23(20)29/h6-12,24-25,30H,1-5H3/t24-,25+/m0/s1. The monoisotopic (exact) mass is 447 g/mol. The number of fused-ring (bicyclic) bond motifs is 5. The van der Waals surface area contributed by atoms with Crippen molar-refractivity contribution in [1.29, 1.82) is 0 Å². The van der Waals surface area contributed by atoms with E-state index in [2.05, 4.69) is 0 Å². The van der Waals surface area contributed by atoms with Crippen molar-refractivity contribution in [2.24, 2.45) is 7.05 Å². The van der Waals surface area contributed by atoms with Gasteiger partial charge in [-0.1, -0.05) is 24.3 Å². The first-order chi connectivity index (χ1) is 15.6. The molecule has 4 aromatic rings. The average Bonchev–Trinajstić information content (AvgIpc) is 2.77. The summed E-state index contributed by atoms with van der Waals surface area (Å²) in [6.45, 7) is 4.78. The van der Waals surface area contributed by atoms with E-state index in [1.54, 1.807) is 19.9 Å². The normalized spacial score (nSPS) is 19.3. The number of benzene rings is 3. The maximum Gasteiger partial charge on any atom is 0.303 e. The van der Waals surface area contributed by atoms with Crippen LogP contribution in [0.1, 0.15) is 32.4 Å². The lowest BCUT2D eigenvalue weighted by Crippen LogP contribution is -2.51. The molecular weight excluding hydrogens is 422 g/mol. The molecule has 3 aromatic carbocycles. The summed E-state index contributed by atoms with van der Waals surface area (Å²) in [5.74, 6) is 0.214. The maximum absolute atomic E-state index is 13.7. The van der Waals surface area contributed by atoms with Gasteiger partial charge in [-0.3, -0.25) is 9.59 Å². The number of aromatic nitrogens is 1. The van der Waals surface area contributed by atoms with E-state index in [0.29, 0.717) is 38.9 Å². The Kier molecular flexibility index (Phi) is 4.65. The van der Waals surface area contributed by atoms with Gasteiger partial charge in [-0.05, 0) is 36.8 Å². The zero-order valence-electron chi connectivity index (χ0n) is 19.1. The Bertz CT molecular complexity index is 1520. The summed E-state index contributed by atoms with van der Waals surface area (Å²) < 4.78 is 19.1. The van der Waals surface area contributed by atoms with Crippen molar-refractivity contribution in [1.82, 2.24) is 4.57 Å². The van der Waals surface area contributed by atoms with Crippen molar-refractivity contribution >= 4 is 38.5 Å². The SMILES string of the molecule is COc1cc2c(c3c1c(=O)c1cc4ccccc4cc1n3C)[C@H](O)[C@@H](OC(C)=O)C(C)(C)O2. The molecule has 0 fully saturated rings. The molecule has 1 aliphatic heterocycles. The van der Waals surface area contributed by atoms with Crippen LogP contribution in [0.4, 0.5) is 0 Å². The van der Waals surface area contributed by atoms with E-state index in [9.17, 15) is 14.7 Å². The van der Waals surface area contributed by atoms with E-state index in [1.165, 1.54) is 14.0 Å². The average molecular weight is 447 g/mol. The van der Waals surface area contributed by atoms with Gasteiger partial charge in [0, 0.05) is 25.4 Å². The highest BCUT2D eigenvalue weighted by Gasteiger charge is 2.47. The lowest BCUT2D eigenvalue weighted by molar-refractivity contribution is -0.174. The zero-order valence-corrected chi connectivity index (χ0v) is 19.1. The van der Waals surface area contributed by atoms with Gasteiger partial charge in [0.25, 0.3) is 0 Å². The Morgan fingerprint density at radius 1 is 1.15 bits per heavy atom. The van der Waals surface area contributed by atoms with Gasteiger partial charge < -0.3 is 23.9 Å². The van der Waals surface area contributed by atoms with Crippen LogP contribution >= 0.6 is 0 Å². The van der Waals surface area contributed by atoms with Crippen LogP contribution in [-0.4, -0.2) is 34.5 Å². The Balaban J connectivity index is 1.94. The minimum atomic E-state index is -1.20. The molecule has 1 N–H and O–H groups in total. The molecule has 7 nitrogen and oxygen atoms in total. The van der Waals surface area contributed by atoms with E-state index in [-0.39, 0.29) is 5.43 Å². The minimum absolute atomic E-state index is 0.204. The van der Waals surface area contributed by atoms with Crippen LogP contribution in [0.25, 0.3) is 32.6 Å². The fourth-order valence-electron chi connectivity index (χ4n) is 4.94. The molecule has 0 bridgehead atoms. The second-order valence-corrected chi connectivity index (χ2v) is 9.00. The number of hydrogen-bond donors (Lipinski definition) is 1. The van der Waals surface area contributed by atoms with Crippen LogP contribution in [0.15, 0.2) is 47.3 Å². The van der Waals surface area contributed by atoms with Crippen molar-refractivity contribution in [2.75, 3.05) is 7.11 Å². The number of ether oxygens (including phenoxy) is 3. The zero-order chi connectivity index (χ0) is 23.7. The van der Waals surface area contributed by atoms with Crippen LogP contribution in [-0.2, 0) is 16.6 Å². The summed E-state index contributed by atoms with van der Waals surface area (Å²) in [5, 5.41) is 14.2. The second-order valence-electron chi connectivity index (χ2n) is 9.00. The number of carbonyl (C=O) groups excluding carboxylic acids is 1. The molecule has 170 valence electrons. The van der Waals surface area contributed by atoms with Crippen LogP contribution in [0.3, 0.4) is 0 Å². The number of aliphatic hydroxyl groups is 1. The number of carbonyl (C=O) groups is 1. The first-order valence-corrected chi connectivity index (χ1v) is 10.7. The van der Waals surface area contributed by atoms with Gasteiger partial charge in [0.1, 0.15) is 23.2 Å². The molecule has 5 rings (SSSR count). The van der Waals surface area contributed by atoms with Gasteiger partial charge in [0.05, 0.1) is 29.1 Å². The van der Waals surface area contributed by atoms with Gasteiger partial charge in [0.15, 0.2) is 6.10 Å². The number of esters is 1. The van der Waals surface area contributed by atoms with Gasteiger partial charge in [-0.2, -0.15) is 0 Å². The topological polar surface area (TPSA) is 87.0 Å². The number of aryl methyl sites for hydroxylation is 1. The Hall–Kier alpha value is -3.58. The minimum Gasteiger partial charge on any atom is -0.496 e. The summed E-state index contributed by atoms with van der Waals surface area (Å²) in [5.41, 5.74) is 0.387. The molecule has 0 spiro atoms. The first kappa shape index (κ1) is 21.3. The smallest absolute Gasteiger partial charge is 0.303 e. The third-order valence-electron chi connectivity index (χ3n) is 6.45. The van der Waals surface area contributed by atoms with Gasteiger partial charge in [0.2, 0.25) is 5.43 Å². The fraction of sp³-hybridized carbons (Fsp3) is 0.308. The molecule has 1 aliphatic rings. The molecule has 2 atom stereocenters. The molecule has 2 heterocycles. The van der Waals surface area contributed by atoms with Crippen molar-refractivity contribution in [3.05, 3.63) is 58.3 Å². The maximum atomic E-state index is 13.7. The highest BCUT2D eigenvalue weighted by Crippen LogP contribution is 2.47. The first-order valence-electron chi connectivity index (χ1n) is 10.7. The fourth-order valence-corrected chi connectivity index (χ4v) is 4.94. The third-order valence-corrected chi connectivity index (χ3v) is 6.45. The Labute approximate surface area is 190 Å². The number of hydrogen-bond acceptors (Lipinski definition) is 6. The van der Waals surface area contributed by atoms with Gasteiger partial charge in [-0.25, -0.2) is 0 Å². The number of pyridine rings is 1. The molecule has 0 radical (unpaired) electrons. The van der Waals surface area contributed by atoms with Crippen LogP contribution in [0.5, 0.6) is 11.5 Å². The van der Waals surface area contributed by atoms with Crippen molar-refractivity contribution in [2.45, 2.75) is 38.6 Å². The highest BCUT2D eigenvalue weighted by molar-refractivity contribution is 6.04. The molecule has 0 amide bonds. The van der Waals surface area contributed by atoms with E-state index < -0.39 is 23.8 Å². The summed E-state index contributed by atoms with van der Waals surface area (Å²) in [7, 11) is 3.34. The highest BCUT2D eigenvalue weighted by atomic mass is 16.6. The summed E-state index contributed by atoms with van der Waals surface area (Å²) >= 11 is 0. The summed E-state index contributed by atoms with van der Waals surface area (Å²) in [6.07, 6.45) is -2.16. The Morgan fingerprint density at radius 2 is 1.82 bits per heavy atom. The molecule has 0 aliphatic carbocycles. The van der Waals surface area contributed by atoms with Crippen LogP contribution in [0.2, 0.25) is 0 Å². The molecular formula is C26H25NO6. The van der Waals surface area contributed by atoms with Crippen molar-refractivity contribution in [3.63, 3.8) is 0 Å². The Morgan fingerprint density at radius 3 is 2.45 bits per heavy atom. The van der Waals surface area contributed by atoms with E-state index in [1.807, 2.05) is 48.0 Å². The third kappa shape index (κ3) is 3.07. The number of aliphatic hydroxyl groups excluding tert-OH is 1. The van der Waals surface area contributed by atoms with Crippen molar-refractivity contribution in [3.8, 4) is 11.5 Å². The molecule has 7 heteroatoms. The molecule has 1 aromatic heterocycles. The van der Waals surface area contributed by atoms with E-state index >= 15 is 0 Å². The summed E-state index contributed by atoms with van der Waals surface area (Å²) in [6, 6.07) is 13.3. The molecule has 0 saturated carbocycles. The van der Waals surface area contributed by atoms with Crippen LogP contribution in [0, 0.1) is 0 Å². The van der Waals surface area contributed by atoms with E-state index in [4.69, 9.17) is 14.2 Å². The molecule has 33 heavy (non-hydrogen) atoms. The predicted molar refractivity (Wildman–Crippen MR) is 126 cm³/mol. The number of methoxy groups -OCH3 is 1. The van der Waals surface area contributed by atoms with Gasteiger partial charge in [-0.15, -0.1) is 0 Å². The molecule has 0 saturated heterocycles. The van der Waals surface area contributed by atoms with E-state index in [0.717, 1.165) is 10.8 Å². The largest absolute Gasteiger partial charge is 0.496 e. The molecule has 0 unspecified atom stereocenters. The predicted octanol–water partition coefficient (Wildman–Crippen LogP) is 3.99. The van der Waals surface area contributed by atoms with Crippen molar-refractivity contribution < 1.29 is 24.1 Å².